The summed E-state index contributed by atoms with van der Waals surface area (Å²) in [4.78, 5) is 23.4. The zero-order valence-electron chi connectivity index (χ0n) is 20.6. The van der Waals surface area contributed by atoms with Crippen molar-refractivity contribution in [3.8, 4) is 16.9 Å². The second kappa shape index (κ2) is 10.8. The van der Waals surface area contributed by atoms with E-state index in [0.29, 0.717) is 17.0 Å². The number of hydrogen-bond donors (Lipinski definition) is 2. The van der Waals surface area contributed by atoms with Crippen molar-refractivity contribution < 1.29 is 5.11 Å². The number of nitrogens with one attached hydrogen (secondary N) is 1. The third-order valence-corrected chi connectivity index (χ3v) is 7.23. The van der Waals surface area contributed by atoms with E-state index in [1.807, 2.05) is 86.6 Å². The number of aromatic hydroxyl groups is 1. The zero-order valence-corrected chi connectivity index (χ0v) is 21.4. The van der Waals surface area contributed by atoms with E-state index in [2.05, 4.69) is 16.9 Å². The van der Waals surface area contributed by atoms with Gasteiger partial charge in [0, 0.05) is 35.7 Å². The molecule has 35 heavy (non-hydrogen) atoms. The smallest absolute Gasteiger partial charge is 0.266 e. The van der Waals surface area contributed by atoms with Crippen LogP contribution in [-0.4, -0.2) is 22.1 Å². The molecule has 0 saturated heterocycles. The van der Waals surface area contributed by atoms with Crippen LogP contribution in [0.3, 0.4) is 0 Å². The van der Waals surface area contributed by atoms with Gasteiger partial charge in [-0.2, -0.15) is 0 Å². The highest BCUT2D eigenvalue weighted by molar-refractivity contribution is 7.99. The fourth-order valence-corrected chi connectivity index (χ4v) is 4.96. The first kappa shape index (κ1) is 24.6. The second-order valence-corrected chi connectivity index (χ2v) is 9.86. The molecule has 0 fully saturated rings. The Balaban J connectivity index is 1.71. The van der Waals surface area contributed by atoms with Gasteiger partial charge in [-0.15, -0.1) is 0 Å². The predicted octanol–water partition coefficient (Wildman–Crippen LogP) is 7.02. The van der Waals surface area contributed by atoms with Crippen molar-refractivity contribution in [1.82, 2.24) is 9.97 Å². The molecule has 2 aromatic carbocycles. The highest BCUT2D eigenvalue weighted by Gasteiger charge is 2.22. The van der Waals surface area contributed by atoms with Crippen molar-refractivity contribution in [3.63, 3.8) is 0 Å². The van der Waals surface area contributed by atoms with Gasteiger partial charge in [0.1, 0.15) is 10.6 Å². The molecule has 2 aromatic heterocycles. The third-order valence-electron chi connectivity index (χ3n) is 6.14. The van der Waals surface area contributed by atoms with E-state index in [1.165, 1.54) is 17.3 Å². The highest BCUT2D eigenvalue weighted by Crippen LogP contribution is 2.42. The summed E-state index contributed by atoms with van der Waals surface area (Å²) < 4.78 is 0. The van der Waals surface area contributed by atoms with Gasteiger partial charge in [-0.25, -0.2) is 0 Å². The molecule has 0 radical (unpaired) electrons. The van der Waals surface area contributed by atoms with E-state index >= 15 is 0 Å². The number of unbranched alkanes of at least 4 members (excludes halogenated alkanes) is 1. The van der Waals surface area contributed by atoms with Crippen LogP contribution in [0.4, 0.5) is 11.4 Å². The van der Waals surface area contributed by atoms with E-state index in [-0.39, 0.29) is 11.3 Å². The number of rotatable bonds is 8. The number of nitrogens with zero attached hydrogens (tertiary/aromatic N) is 2. The minimum Gasteiger partial charge on any atom is -0.504 e. The molecule has 6 heteroatoms. The fourth-order valence-electron chi connectivity index (χ4n) is 4.12. The summed E-state index contributed by atoms with van der Waals surface area (Å²) in [5.41, 5.74) is 6.56. The normalized spacial score (nSPS) is 11.0. The molecule has 2 heterocycles. The SMILES string of the molecule is CCCCc1[nH]c(=O)c(Sc2ccc(-c3ccncc3C)cc2)c(O)c1N(C)c1ccc(C)cc1. The van der Waals surface area contributed by atoms with Crippen LogP contribution < -0.4 is 10.5 Å². The number of anilines is 2. The summed E-state index contributed by atoms with van der Waals surface area (Å²) in [5.74, 6) is 0.0157. The van der Waals surface area contributed by atoms with Crippen LogP contribution in [0.15, 0.2) is 81.6 Å². The molecule has 4 rings (SSSR count). The van der Waals surface area contributed by atoms with Gasteiger partial charge in [-0.05, 0) is 73.7 Å². The number of aromatic amines is 1. The monoisotopic (exact) mass is 485 g/mol. The van der Waals surface area contributed by atoms with Crippen molar-refractivity contribution in [2.75, 3.05) is 11.9 Å². The average Bonchev–Trinajstić information content (AvgIpc) is 2.86. The van der Waals surface area contributed by atoms with E-state index in [0.717, 1.165) is 45.8 Å². The second-order valence-electron chi connectivity index (χ2n) is 8.77. The van der Waals surface area contributed by atoms with Gasteiger partial charge in [-0.1, -0.05) is 54.9 Å². The van der Waals surface area contributed by atoms with Gasteiger partial charge in [0.15, 0.2) is 5.75 Å². The molecule has 0 spiro atoms. The van der Waals surface area contributed by atoms with Crippen LogP contribution in [0.25, 0.3) is 11.1 Å². The first-order valence-electron chi connectivity index (χ1n) is 11.9. The van der Waals surface area contributed by atoms with Crippen LogP contribution in [0.1, 0.15) is 36.6 Å². The molecule has 0 saturated carbocycles. The molecular formula is C29H31N3O2S. The number of H-pyrrole nitrogens is 1. The van der Waals surface area contributed by atoms with Crippen molar-refractivity contribution in [3.05, 3.63) is 94.2 Å². The number of pyridine rings is 2. The standard InChI is InChI=1S/C29H31N3O2S/c1-5-6-7-25-26(32(4)22-12-8-19(2)9-13-22)27(33)28(29(34)31-25)35-23-14-10-21(11-15-23)24-16-17-30-18-20(24)3/h8-18H,5-7H2,1-4H3,(H2,31,33,34). The minimum atomic E-state index is -0.270. The van der Waals surface area contributed by atoms with Crippen LogP contribution in [0.2, 0.25) is 0 Å². The summed E-state index contributed by atoms with van der Waals surface area (Å²) in [5, 5.41) is 11.4. The Kier molecular flexibility index (Phi) is 7.61. The van der Waals surface area contributed by atoms with E-state index in [1.54, 1.807) is 6.20 Å². The predicted molar refractivity (Wildman–Crippen MR) is 145 cm³/mol. The van der Waals surface area contributed by atoms with Crippen molar-refractivity contribution in [2.24, 2.45) is 0 Å². The van der Waals surface area contributed by atoms with Gasteiger partial charge in [0.2, 0.25) is 0 Å². The van der Waals surface area contributed by atoms with Crippen LogP contribution in [0, 0.1) is 13.8 Å². The van der Waals surface area contributed by atoms with E-state index in [9.17, 15) is 9.90 Å². The van der Waals surface area contributed by atoms with Gasteiger partial charge < -0.3 is 15.0 Å². The van der Waals surface area contributed by atoms with Crippen molar-refractivity contribution in [1.29, 1.82) is 0 Å². The summed E-state index contributed by atoms with van der Waals surface area (Å²) in [7, 11) is 1.92. The number of aromatic nitrogens is 2. The quantitative estimate of drug-likeness (QED) is 0.281. The topological polar surface area (TPSA) is 69.2 Å². The van der Waals surface area contributed by atoms with Gasteiger partial charge in [-0.3, -0.25) is 9.78 Å². The fraction of sp³-hybridized carbons (Fsp3) is 0.241. The van der Waals surface area contributed by atoms with Gasteiger partial charge in [0.05, 0.1) is 0 Å². The highest BCUT2D eigenvalue weighted by atomic mass is 32.2. The molecule has 0 aliphatic carbocycles. The molecule has 2 N–H and O–H groups in total. The van der Waals surface area contributed by atoms with E-state index in [4.69, 9.17) is 0 Å². The summed E-state index contributed by atoms with van der Waals surface area (Å²) in [6.45, 7) is 6.20. The Labute approximate surface area is 210 Å². The lowest BCUT2D eigenvalue weighted by Gasteiger charge is -2.24. The molecular weight excluding hydrogens is 454 g/mol. The summed E-state index contributed by atoms with van der Waals surface area (Å²) in [6, 6.07) is 18.2. The maximum Gasteiger partial charge on any atom is 0.266 e. The minimum absolute atomic E-state index is 0.0157. The lowest BCUT2D eigenvalue weighted by molar-refractivity contribution is 0.459. The molecule has 180 valence electrons. The van der Waals surface area contributed by atoms with E-state index < -0.39 is 0 Å². The summed E-state index contributed by atoms with van der Waals surface area (Å²) in [6.07, 6.45) is 6.25. The first-order chi connectivity index (χ1) is 16.9. The molecule has 0 amide bonds. The molecule has 5 nitrogen and oxygen atoms in total. The molecule has 0 aliphatic rings. The largest absolute Gasteiger partial charge is 0.504 e. The Hall–Kier alpha value is -3.51. The van der Waals surface area contributed by atoms with Crippen molar-refractivity contribution in [2.45, 2.75) is 49.8 Å². The number of aryl methyl sites for hydroxylation is 3. The molecule has 0 bridgehead atoms. The lowest BCUT2D eigenvalue weighted by atomic mass is 10.0. The lowest BCUT2D eigenvalue weighted by Crippen LogP contribution is -2.19. The Morgan fingerprint density at radius 2 is 1.74 bits per heavy atom. The number of hydrogen-bond acceptors (Lipinski definition) is 5. The molecule has 4 aromatic rings. The average molecular weight is 486 g/mol. The van der Waals surface area contributed by atoms with Crippen LogP contribution in [0.5, 0.6) is 5.75 Å². The maximum absolute atomic E-state index is 13.1. The van der Waals surface area contributed by atoms with Crippen molar-refractivity contribution >= 4 is 23.1 Å². The molecule has 0 unspecified atom stereocenters. The maximum atomic E-state index is 13.1. The molecule has 0 atom stereocenters. The van der Waals surface area contributed by atoms with Crippen LogP contribution in [-0.2, 0) is 6.42 Å². The van der Waals surface area contributed by atoms with Crippen LogP contribution >= 0.6 is 11.8 Å². The Bertz CT molecular complexity index is 1360. The first-order valence-corrected chi connectivity index (χ1v) is 12.7. The summed E-state index contributed by atoms with van der Waals surface area (Å²) >= 11 is 1.28. The van der Waals surface area contributed by atoms with Gasteiger partial charge >= 0.3 is 0 Å². The Morgan fingerprint density at radius 3 is 2.40 bits per heavy atom. The zero-order chi connectivity index (χ0) is 24.9. The Morgan fingerprint density at radius 1 is 1.03 bits per heavy atom. The molecule has 0 aliphatic heterocycles. The number of benzene rings is 2. The third kappa shape index (κ3) is 5.43. The van der Waals surface area contributed by atoms with Gasteiger partial charge in [0.25, 0.3) is 5.56 Å².